The van der Waals surface area contributed by atoms with Gasteiger partial charge in [-0.05, 0) is 6.92 Å². The van der Waals surface area contributed by atoms with E-state index in [-0.39, 0.29) is 6.61 Å². The summed E-state index contributed by atoms with van der Waals surface area (Å²) in [7, 11) is 0. The van der Waals surface area contributed by atoms with Crippen molar-refractivity contribution in [1.29, 1.82) is 0 Å². The van der Waals surface area contributed by atoms with E-state index in [9.17, 15) is 4.39 Å². The minimum absolute atomic E-state index is 0.184. The first kappa shape index (κ1) is 6.85. The number of alkyl halides is 1. The molecular formula is C4H9FO2. The molecule has 0 aromatic heterocycles. The lowest BCUT2D eigenvalue weighted by Gasteiger charge is -2.10. The highest BCUT2D eigenvalue weighted by atomic mass is 19.2. The van der Waals surface area contributed by atoms with Gasteiger partial charge < -0.3 is 9.84 Å². The average molecular weight is 108 g/mol. The molecule has 0 aliphatic rings. The quantitative estimate of drug-likeness (QED) is 0.526. The standard InChI is InChI=1S/C4H9FO2/c1-3-7-4(2,5)6/h6H,3H2,1-2H3. The Labute approximate surface area is 41.9 Å². The van der Waals surface area contributed by atoms with E-state index in [4.69, 9.17) is 5.11 Å². The lowest BCUT2D eigenvalue weighted by atomic mass is 10.7. The molecule has 44 valence electrons. The van der Waals surface area contributed by atoms with Crippen molar-refractivity contribution in [2.75, 3.05) is 6.61 Å². The van der Waals surface area contributed by atoms with Crippen molar-refractivity contribution >= 4 is 0 Å². The number of halogens is 1. The van der Waals surface area contributed by atoms with Gasteiger partial charge in [0.15, 0.2) is 0 Å². The monoisotopic (exact) mass is 108 g/mol. The fourth-order valence-corrected chi connectivity index (χ4v) is 0.263. The van der Waals surface area contributed by atoms with Gasteiger partial charge in [0, 0.05) is 13.5 Å². The summed E-state index contributed by atoms with van der Waals surface area (Å²) in [6.45, 7) is 2.73. The van der Waals surface area contributed by atoms with Crippen LogP contribution < -0.4 is 0 Å². The summed E-state index contributed by atoms with van der Waals surface area (Å²) in [6.07, 6.45) is 0. The largest absolute Gasteiger partial charge is 0.340 e. The van der Waals surface area contributed by atoms with Crippen LogP contribution in [0.4, 0.5) is 4.39 Å². The van der Waals surface area contributed by atoms with Crippen LogP contribution in [0.15, 0.2) is 0 Å². The predicted octanol–water partition coefficient (Wildman–Crippen LogP) is 0.658. The lowest BCUT2D eigenvalue weighted by molar-refractivity contribution is -0.274. The first-order valence-electron chi connectivity index (χ1n) is 2.11. The topological polar surface area (TPSA) is 29.5 Å². The van der Waals surface area contributed by atoms with Crippen molar-refractivity contribution in [1.82, 2.24) is 0 Å². The zero-order valence-corrected chi connectivity index (χ0v) is 4.44. The van der Waals surface area contributed by atoms with Crippen LogP contribution in [0.25, 0.3) is 0 Å². The van der Waals surface area contributed by atoms with Crippen molar-refractivity contribution in [2.24, 2.45) is 0 Å². The molecule has 0 aromatic carbocycles. The second kappa shape index (κ2) is 2.23. The minimum atomic E-state index is -2.45. The second-order valence-corrected chi connectivity index (χ2v) is 1.30. The summed E-state index contributed by atoms with van der Waals surface area (Å²) in [5, 5.41) is 8.13. The van der Waals surface area contributed by atoms with Gasteiger partial charge in [0.1, 0.15) is 0 Å². The fraction of sp³-hybridized carbons (Fsp3) is 1.00. The molecule has 1 N–H and O–H groups in total. The molecule has 0 rings (SSSR count). The van der Waals surface area contributed by atoms with Crippen LogP contribution in [0.3, 0.4) is 0 Å². The molecule has 0 radical (unpaired) electrons. The predicted molar refractivity (Wildman–Crippen MR) is 23.4 cm³/mol. The Balaban J connectivity index is 3.15. The van der Waals surface area contributed by atoms with Gasteiger partial charge in [-0.15, -0.1) is 0 Å². The average Bonchev–Trinajstić information content (AvgIpc) is 1.30. The summed E-state index contributed by atoms with van der Waals surface area (Å²) < 4.78 is 15.8. The van der Waals surface area contributed by atoms with Crippen molar-refractivity contribution < 1.29 is 14.2 Å². The summed E-state index contributed by atoms with van der Waals surface area (Å²) >= 11 is 0. The van der Waals surface area contributed by atoms with Crippen molar-refractivity contribution in [2.45, 2.75) is 19.9 Å². The molecule has 0 spiro atoms. The van der Waals surface area contributed by atoms with Gasteiger partial charge in [0.2, 0.25) is 0 Å². The highest BCUT2D eigenvalue weighted by Gasteiger charge is 2.15. The van der Waals surface area contributed by atoms with Crippen molar-refractivity contribution in [3.8, 4) is 0 Å². The Hall–Kier alpha value is -0.150. The Morgan fingerprint density at radius 1 is 1.86 bits per heavy atom. The van der Waals surface area contributed by atoms with Crippen LogP contribution in [0.1, 0.15) is 13.8 Å². The summed E-state index contributed by atoms with van der Waals surface area (Å²) in [6, 6.07) is -2.45. The SMILES string of the molecule is CCOC(C)(O)F. The van der Waals surface area contributed by atoms with Gasteiger partial charge >= 0.3 is 6.04 Å². The molecule has 7 heavy (non-hydrogen) atoms. The van der Waals surface area contributed by atoms with E-state index >= 15 is 0 Å². The summed E-state index contributed by atoms with van der Waals surface area (Å²) in [5.41, 5.74) is 0. The van der Waals surface area contributed by atoms with E-state index in [2.05, 4.69) is 4.74 Å². The van der Waals surface area contributed by atoms with Crippen molar-refractivity contribution in [3.05, 3.63) is 0 Å². The molecule has 2 nitrogen and oxygen atoms in total. The van der Waals surface area contributed by atoms with Gasteiger partial charge in [0.25, 0.3) is 0 Å². The van der Waals surface area contributed by atoms with Crippen LogP contribution in [-0.4, -0.2) is 17.8 Å². The summed E-state index contributed by atoms with van der Waals surface area (Å²) in [4.78, 5) is 0. The maximum atomic E-state index is 11.7. The Bertz CT molecular complexity index is 48.1. The number of aliphatic hydroxyl groups is 1. The van der Waals surface area contributed by atoms with Crippen molar-refractivity contribution in [3.63, 3.8) is 0 Å². The van der Waals surface area contributed by atoms with Crippen LogP contribution in [0, 0.1) is 0 Å². The van der Waals surface area contributed by atoms with Crippen LogP contribution >= 0.6 is 0 Å². The number of hydrogen-bond donors (Lipinski definition) is 1. The molecule has 1 atom stereocenters. The zero-order valence-electron chi connectivity index (χ0n) is 4.44. The Kier molecular flexibility index (Phi) is 2.19. The third kappa shape index (κ3) is 5.85. The molecule has 0 saturated heterocycles. The second-order valence-electron chi connectivity index (χ2n) is 1.30. The number of rotatable bonds is 2. The van der Waals surface area contributed by atoms with E-state index in [1.165, 1.54) is 0 Å². The van der Waals surface area contributed by atoms with Gasteiger partial charge in [-0.2, -0.15) is 4.39 Å². The normalized spacial score (nSPS) is 18.9. The molecule has 0 aromatic rings. The molecule has 0 amide bonds. The van der Waals surface area contributed by atoms with Gasteiger partial charge in [0.05, 0.1) is 0 Å². The molecular weight excluding hydrogens is 99.0 g/mol. The highest BCUT2D eigenvalue weighted by molar-refractivity contribution is 4.32. The van der Waals surface area contributed by atoms with E-state index in [1.807, 2.05) is 0 Å². The lowest BCUT2D eigenvalue weighted by Crippen LogP contribution is -2.20. The maximum absolute atomic E-state index is 11.7. The first-order chi connectivity index (χ1) is 3.06. The number of ether oxygens (including phenoxy) is 1. The third-order valence-electron chi connectivity index (χ3n) is 0.408. The molecule has 0 saturated carbocycles. The molecule has 0 aliphatic carbocycles. The van der Waals surface area contributed by atoms with E-state index in [0.29, 0.717) is 0 Å². The van der Waals surface area contributed by atoms with Gasteiger partial charge in [-0.25, -0.2) is 0 Å². The van der Waals surface area contributed by atoms with Crippen LogP contribution in [0.2, 0.25) is 0 Å². The highest BCUT2D eigenvalue weighted by Crippen LogP contribution is 2.04. The van der Waals surface area contributed by atoms with E-state index in [0.717, 1.165) is 6.92 Å². The third-order valence-corrected chi connectivity index (χ3v) is 0.408. The molecule has 0 fully saturated rings. The first-order valence-corrected chi connectivity index (χ1v) is 2.11. The maximum Gasteiger partial charge on any atom is 0.314 e. The Morgan fingerprint density at radius 2 is 2.29 bits per heavy atom. The Morgan fingerprint density at radius 3 is 2.29 bits per heavy atom. The van der Waals surface area contributed by atoms with E-state index < -0.39 is 6.04 Å². The molecule has 3 heteroatoms. The van der Waals surface area contributed by atoms with Crippen LogP contribution in [-0.2, 0) is 4.74 Å². The van der Waals surface area contributed by atoms with Gasteiger partial charge in [-0.1, -0.05) is 0 Å². The smallest absolute Gasteiger partial charge is 0.314 e. The van der Waals surface area contributed by atoms with Crippen LogP contribution in [0.5, 0.6) is 0 Å². The molecule has 0 aliphatic heterocycles. The minimum Gasteiger partial charge on any atom is -0.340 e. The zero-order chi connectivity index (χ0) is 5.91. The molecule has 1 unspecified atom stereocenters. The summed E-state index contributed by atoms with van der Waals surface area (Å²) in [5.74, 6) is 0. The molecule has 0 heterocycles. The van der Waals surface area contributed by atoms with E-state index in [1.54, 1.807) is 6.92 Å². The fourth-order valence-electron chi connectivity index (χ4n) is 0.263. The van der Waals surface area contributed by atoms with Gasteiger partial charge in [-0.3, -0.25) is 0 Å². The molecule has 0 bridgehead atoms. The number of hydrogen-bond acceptors (Lipinski definition) is 2.